The third-order valence-corrected chi connectivity index (χ3v) is 2.67. The highest BCUT2D eigenvalue weighted by Gasteiger charge is 2.16. The van der Waals surface area contributed by atoms with Gasteiger partial charge in [-0.25, -0.2) is 14.2 Å². The zero-order chi connectivity index (χ0) is 14.0. The van der Waals surface area contributed by atoms with Crippen molar-refractivity contribution in [3.63, 3.8) is 0 Å². The SMILES string of the molecule is O=C1CCC=C1CNC(=O)n1cc(F)c(=O)[nH]c1=O. The molecule has 0 spiro atoms. The Morgan fingerprint density at radius 2 is 2.16 bits per heavy atom. The van der Waals surface area contributed by atoms with E-state index in [1.807, 2.05) is 0 Å². The Hall–Kier alpha value is -2.51. The van der Waals surface area contributed by atoms with Gasteiger partial charge < -0.3 is 5.32 Å². The van der Waals surface area contributed by atoms with Crippen LogP contribution in [0.25, 0.3) is 0 Å². The molecule has 1 aromatic heterocycles. The molecule has 0 aliphatic heterocycles. The molecule has 1 amide bonds. The molecule has 0 radical (unpaired) electrons. The summed E-state index contributed by atoms with van der Waals surface area (Å²) in [4.78, 5) is 46.7. The molecule has 2 N–H and O–H groups in total. The molecule has 7 nitrogen and oxygen atoms in total. The van der Waals surface area contributed by atoms with Gasteiger partial charge in [-0.1, -0.05) is 6.08 Å². The molecule has 0 saturated carbocycles. The average Bonchev–Trinajstić information content (AvgIpc) is 2.76. The maximum absolute atomic E-state index is 13.0. The highest BCUT2D eigenvalue weighted by Crippen LogP contribution is 2.12. The number of carbonyl (C=O) groups excluding carboxylic acids is 2. The Labute approximate surface area is 105 Å². The molecule has 1 heterocycles. The normalized spacial score (nSPS) is 14.4. The van der Waals surface area contributed by atoms with Crippen molar-refractivity contribution >= 4 is 11.8 Å². The van der Waals surface area contributed by atoms with Crippen LogP contribution in [0.4, 0.5) is 9.18 Å². The van der Waals surface area contributed by atoms with Crippen molar-refractivity contribution in [2.75, 3.05) is 6.54 Å². The van der Waals surface area contributed by atoms with Crippen LogP contribution in [0.5, 0.6) is 0 Å². The number of carbonyl (C=O) groups is 2. The molecule has 1 aliphatic carbocycles. The Morgan fingerprint density at radius 3 is 2.79 bits per heavy atom. The van der Waals surface area contributed by atoms with Gasteiger partial charge in [0.2, 0.25) is 5.82 Å². The van der Waals surface area contributed by atoms with Crippen LogP contribution in [0.15, 0.2) is 27.4 Å². The Morgan fingerprint density at radius 1 is 1.42 bits per heavy atom. The largest absolute Gasteiger partial charge is 0.336 e. The number of H-pyrrole nitrogens is 1. The van der Waals surface area contributed by atoms with Crippen LogP contribution in [-0.4, -0.2) is 27.9 Å². The van der Waals surface area contributed by atoms with E-state index in [9.17, 15) is 23.6 Å². The molecule has 1 aromatic rings. The second kappa shape index (κ2) is 5.01. The Balaban J connectivity index is 2.13. The van der Waals surface area contributed by atoms with Gasteiger partial charge in [0, 0.05) is 18.5 Å². The van der Waals surface area contributed by atoms with Crippen LogP contribution in [-0.2, 0) is 4.79 Å². The molecule has 8 heteroatoms. The van der Waals surface area contributed by atoms with Crippen molar-refractivity contribution in [1.29, 1.82) is 0 Å². The topological polar surface area (TPSA) is 101 Å². The number of rotatable bonds is 2. The monoisotopic (exact) mass is 267 g/mol. The van der Waals surface area contributed by atoms with Gasteiger partial charge in [0.15, 0.2) is 5.78 Å². The van der Waals surface area contributed by atoms with Gasteiger partial charge in [-0.3, -0.25) is 14.6 Å². The predicted molar refractivity (Wildman–Crippen MR) is 62.4 cm³/mol. The van der Waals surface area contributed by atoms with Crippen molar-refractivity contribution in [2.24, 2.45) is 0 Å². The number of ketones is 1. The fourth-order valence-corrected chi connectivity index (χ4v) is 1.68. The zero-order valence-corrected chi connectivity index (χ0v) is 9.73. The predicted octanol–water partition coefficient (Wildman–Crippen LogP) is -0.477. The van der Waals surface area contributed by atoms with Gasteiger partial charge in [0.05, 0.1) is 6.20 Å². The van der Waals surface area contributed by atoms with Crippen molar-refractivity contribution in [1.82, 2.24) is 14.9 Å². The van der Waals surface area contributed by atoms with Gasteiger partial charge in [0.25, 0.3) is 5.56 Å². The number of amides is 1. The molecule has 0 bridgehead atoms. The number of nitrogens with zero attached hydrogens (tertiary/aromatic N) is 1. The summed E-state index contributed by atoms with van der Waals surface area (Å²) >= 11 is 0. The van der Waals surface area contributed by atoms with E-state index in [1.54, 1.807) is 11.1 Å². The Bertz CT molecular complexity index is 686. The fourth-order valence-electron chi connectivity index (χ4n) is 1.68. The van der Waals surface area contributed by atoms with E-state index in [0.717, 1.165) is 0 Å². The first-order valence-corrected chi connectivity index (χ1v) is 5.51. The number of aromatic amines is 1. The second-order valence-electron chi connectivity index (χ2n) is 3.96. The lowest BCUT2D eigenvalue weighted by Gasteiger charge is -2.06. The lowest BCUT2D eigenvalue weighted by molar-refractivity contribution is -0.114. The number of allylic oxidation sites excluding steroid dienone is 1. The first kappa shape index (κ1) is 12.9. The third-order valence-electron chi connectivity index (χ3n) is 2.67. The summed E-state index contributed by atoms with van der Waals surface area (Å²) in [6.45, 7) is -0.0369. The summed E-state index contributed by atoms with van der Waals surface area (Å²) in [5.74, 6) is -1.31. The van der Waals surface area contributed by atoms with Crippen LogP contribution < -0.4 is 16.6 Å². The summed E-state index contributed by atoms with van der Waals surface area (Å²) in [5, 5.41) is 2.31. The number of halogens is 1. The van der Waals surface area contributed by atoms with E-state index in [4.69, 9.17) is 0 Å². The van der Waals surface area contributed by atoms with E-state index >= 15 is 0 Å². The molecule has 19 heavy (non-hydrogen) atoms. The first-order chi connectivity index (χ1) is 8.99. The molecule has 0 aromatic carbocycles. The fraction of sp³-hybridized carbons (Fsp3) is 0.273. The molecular formula is C11H10FN3O4. The van der Waals surface area contributed by atoms with E-state index in [0.29, 0.717) is 29.2 Å². The Kier molecular flexibility index (Phi) is 3.41. The van der Waals surface area contributed by atoms with Crippen LogP contribution >= 0.6 is 0 Å². The van der Waals surface area contributed by atoms with E-state index in [2.05, 4.69) is 5.32 Å². The maximum atomic E-state index is 13.0. The first-order valence-electron chi connectivity index (χ1n) is 5.51. The summed E-state index contributed by atoms with van der Waals surface area (Å²) in [6.07, 6.45) is 3.22. The van der Waals surface area contributed by atoms with Crippen molar-refractivity contribution in [2.45, 2.75) is 12.8 Å². The number of hydrogen-bond acceptors (Lipinski definition) is 4. The standard InChI is InChI=1S/C11H10FN3O4/c12-7-5-15(11(19)14-9(7)17)10(18)13-4-6-2-1-3-8(6)16/h2,5H,1,3-4H2,(H,13,18)(H,14,17,19). The van der Waals surface area contributed by atoms with Gasteiger partial charge in [-0.15, -0.1) is 0 Å². The van der Waals surface area contributed by atoms with Gasteiger partial charge >= 0.3 is 11.7 Å². The van der Waals surface area contributed by atoms with E-state index in [1.165, 1.54) is 0 Å². The number of nitrogens with one attached hydrogen (secondary N) is 2. The summed E-state index contributed by atoms with van der Waals surface area (Å²) in [7, 11) is 0. The van der Waals surface area contributed by atoms with Crippen molar-refractivity contribution in [3.8, 4) is 0 Å². The highest BCUT2D eigenvalue weighted by atomic mass is 19.1. The van der Waals surface area contributed by atoms with Crippen LogP contribution in [0.1, 0.15) is 12.8 Å². The van der Waals surface area contributed by atoms with Crippen LogP contribution in [0, 0.1) is 5.82 Å². The lowest BCUT2D eigenvalue weighted by atomic mass is 10.2. The minimum Gasteiger partial charge on any atom is -0.333 e. The summed E-state index contributed by atoms with van der Waals surface area (Å²) < 4.78 is 13.4. The smallest absolute Gasteiger partial charge is 0.333 e. The van der Waals surface area contributed by atoms with E-state index < -0.39 is 23.1 Å². The summed E-state index contributed by atoms with van der Waals surface area (Å²) in [6, 6.07) is -0.916. The molecule has 0 saturated heterocycles. The number of aromatic nitrogens is 2. The lowest BCUT2D eigenvalue weighted by Crippen LogP contribution is -2.41. The third kappa shape index (κ3) is 2.67. The highest BCUT2D eigenvalue weighted by molar-refractivity contribution is 5.98. The minimum absolute atomic E-state index is 0.0369. The van der Waals surface area contributed by atoms with Crippen LogP contribution in [0.2, 0.25) is 0 Å². The van der Waals surface area contributed by atoms with Crippen LogP contribution in [0.3, 0.4) is 0 Å². The molecular weight excluding hydrogens is 257 g/mol. The molecule has 0 unspecified atom stereocenters. The zero-order valence-electron chi connectivity index (χ0n) is 9.73. The second-order valence-corrected chi connectivity index (χ2v) is 3.96. The average molecular weight is 267 g/mol. The minimum atomic E-state index is -1.24. The quantitative estimate of drug-likeness (QED) is 0.755. The molecule has 0 fully saturated rings. The number of hydrogen-bond donors (Lipinski definition) is 2. The van der Waals surface area contributed by atoms with Crippen molar-refractivity contribution < 1.29 is 14.0 Å². The molecule has 0 atom stereocenters. The number of Topliss-reactive ketones (excluding diaryl/α,β-unsaturated/α-hetero) is 1. The van der Waals surface area contributed by atoms with E-state index in [-0.39, 0.29) is 12.3 Å². The van der Waals surface area contributed by atoms with Crippen molar-refractivity contribution in [3.05, 3.63) is 44.5 Å². The van der Waals surface area contributed by atoms with Gasteiger partial charge in [-0.05, 0) is 6.42 Å². The molecule has 100 valence electrons. The maximum Gasteiger partial charge on any atom is 0.336 e. The molecule has 2 rings (SSSR count). The van der Waals surface area contributed by atoms with Gasteiger partial charge in [-0.2, -0.15) is 4.39 Å². The van der Waals surface area contributed by atoms with Gasteiger partial charge in [0.1, 0.15) is 0 Å². The summed E-state index contributed by atoms with van der Waals surface area (Å²) in [5.41, 5.74) is -1.79. The molecule has 1 aliphatic rings.